The van der Waals surface area contributed by atoms with E-state index in [4.69, 9.17) is 11.6 Å². The summed E-state index contributed by atoms with van der Waals surface area (Å²) < 4.78 is 2.32. The fourth-order valence-electron chi connectivity index (χ4n) is 3.32. The Morgan fingerprint density at radius 3 is 2.93 bits per heavy atom. The zero-order valence-corrected chi connectivity index (χ0v) is 16.8. The number of halogens is 1. The summed E-state index contributed by atoms with van der Waals surface area (Å²) in [6.07, 6.45) is 6.74. The molecule has 0 atom stereocenters. The van der Waals surface area contributed by atoms with Crippen LogP contribution in [0.15, 0.2) is 29.3 Å². The van der Waals surface area contributed by atoms with Crippen molar-refractivity contribution in [2.75, 3.05) is 13.1 Å². The van der Waals surface area contributed by atoms with Crippen LogP contribution in [0.2, 0.25) is 5.02 Å². The van der Waals surface area contributed by atoms with Gasteiger partial charge in [0.05, 0.1) is 6.54 Å². The lowest BCUT2D eigenvalue weighted by Gasteiger charge is -2.12. The largest absolute Gasteiger partial charge is 0.357 e. The molecule has 3 rings (SSSR count). The van der Waals surface area contributed by atoms with Crippen LogP contribution in [0.3, 0.4) is 0 Å². The molecule has 7 heteroatoms. The van der Waals surface area contributed by atoms with Gasteiger partial charge < -0.3 is 15.2 Å². The van der Waals surface area contributed by atoms with E-state index in [0.717, 1.165) is 67.1 Å². The maximum atomic E-state index is 6.21. The highest BCUT2D eigenvalue weighted by molar-refractivity contribution is 6.31. The third kappa shape index (κ3) is 5.70. The first kappa shape index (κ1) is 19.7. The number of aryl methyl sites for hydroxylation is 2. The van der Waals surface area contributed by atoms with E-state index in [0.29, 0.717) is 6.54 Å². The average Bonchev–Trinajstić information content (AvgIpc) is 2.90. The summed E-state index contributed by atoms with van der Waals surface area (Å²) in [4.78, 5) is 4.64. The minimum absolute atomic E-state index is 0.562. The Bertz CT molecular complexity index is 755. The van der Waals surface area contributed by atoms with Gasteiger partial charge in [-0.3, -0.25) is 0 Å². The van der Waals surface area contributed by atoms with Crippen molar-refractivity contribution in [2.45, 2.75) is 58.5 Å². The highest BCUT2D eigenvalue weighted by atomic mass is 35.5. The Kier molecular flexibility index (Phi) is 7.51. The Morgan fingerprint density at radius 2 is 2.07 bits per heavy atom. The van der Waals surface area contributed by atoms with E-state index in [9.17, 15) is 0 Å². The standard InChI is InChI=1S/C20H29ClN6/c1-2-22-20(24-15-16-9-5-6-10-17(16)21)23-13-8-12-19-26-25-18-11-4-3-7-14-27(18)19/h5-6,9-10H,2-4,7-8,11-15H2,1H3,(H2,22,23,24). The number of hydrogen-bond donors (Lipinski definition) is 2. The molecule has 0 saturated carbocycles. The van der Waals surface area contributed by atoms with Crippen LogP contribution in [-0.2, 0) is 25.9 Å². The van der Waals surface area contributed by atoms with Gasteiger partial charge in [0.25, 0.3) is 0 Å². The molecule has 0 aliphatic carbocycles. The van der Waals surface area contributed by atoms with Crippen LogP contribution in [0.25, 0.3) is 0 Å². The lowest BCUT2D eigenvalue weighted by molar-refractivity contribution is 0.594. The average molecular weight is 389 g/mol. The molecule has 0 amide bonds. The lowest BCUT2D eigenvalue weighted by Crippen LogP contribution is -2.37. The number of aromatic nitrogens is 3. The number of hydrogen-bond acceptors (Lipinski definition) is 3. The van der Waals surface area contributed by atoms with Crippen molar-refractivity contribution in [3.8, 4) is 0 Å². The van der Waals surface area contributed by atoms with Gasteiger partial charge in [0.15, 0.2) is 5.96 Å². The Hall–Kier alpha value is -2.08. The second-order valence-corrected chi connectivity index (χ2v) is 7.22. The fourth-order valence-corrected chi connectivity index (χ4v) is 3.51. The fraction of sp³-hybridized carbons (Fsp3) is 0.550. The Morgan fingerprint density at radius 1 is 1.19 bits per heavy atom. The molecule has 0 unspecified atom stereocenters. The SMILES string of the molecule is CCNC(=NCc1ccccc1Cl)NCCCc1nnc2n1CCCCC2. The van der Waals surface area contributed by atoms with Gasteiger partial charge in [-0.15, -0.1) is 10.2 Å². The summed E-state index contributed by atoms with van der Waals surface area (Å²) in [5.74, 6) is 3.09. The predicted octanol–water partition coefficient (Wildman–Crippen LogP) is 3.35. The second kappa shape index (κ2) is 10.3. The molecular weight excluding hydrogens is 360 g/mol. The molecule has 0 fully saturated rings. The van der Waals surface area contributed by atoms with Crippen LogP contribution in [0.4, 0.5) is 0 Å². The normalized spacial score (nSPS) is 14.5. The summed E-state index contributed by atoms with van der Waals surface area (Å²) in [6.45, 7) is 5.36. The summed E-state index contributed by atoms with van der Waals surface area (Å²) in [5, 5.41) is 16.2. The van der Waals surface area contributed by atoms with E-state index in [1.165, 1.54) is 19.3 Å². The molecule has 1 aliphatic rings. The van der Waals surface area contributed by atoms with Gasteiger partial charge >= 0.3 is 0 Å². The van der Waals surface area contributed by atoms with Crippen molar-refractivity contribution in [1.29, 1.82) is 0 Å². The molecule has 2 heterocycles. The van der Waals surface area contributed by atoms with Crippen LogP contribution < -0.4 is 10.6 Å². The zero-order chi connectivity index (χ0) is 18.9. The number of rotatable bonds is 7. The summed E-state index contributed by atoms with van der Waals surface area (Å²) >= 11 is 6.21. The first-order valence-corrected chi connectivity index (χ1v) is 10.3. The molecule has 146 valence electrons. The second-order valence-electron chi connectivity index (χ2n) is 6.81. The number of guanidine groups is 1. The van der Waals surface area contributed by atoms with E-state index in [2.05, 4.69) is 37.3 Å². The van der Waals surface area contributed by atoms with Crippen molar-refractivity contribution in [2.24, 2.45) is 4.99 Å². The molecule has 1 aromatic carbocycles. The molecule has 0 bridgehead atoms. The van der Waals surface area contributed by atoms with E-state index in [-0.39, 0.29) is 0 Å². The van der Waals surface area contributed by atoms with Gasteiger partial charge in [0.2, 0.25) is 0 Å². The summed E-state index contributed by atoms with van der Waals surface area (Å²) in [6, 6.07) is 7.82. The number of aliphatic imine (C=N–C) groups is 1. The van der Waals surface area contributed by atoms with Crippen LogP contribution in [-0.4, -0.2) is 33.8 Å². The molecule has 0 radical (unpaired) electrons. The number of benzene rings is 1. The van der Waals surface area contributed by atoms with Gasteiger partial charge in [-0.2, -0.15) is 0 Å². The molecule has 2 aromatic rings. The van der Waals surface area contributed by atoms with Crippen molar-refractivity contribution in [3.63, 3.8) is 0 Å². The maximum Gasteiger partial charge on any atom is 0.191 e. The topological polar surface area (TPSA) is 67.1 Å². The van der Waals surface area contributed by atoms with Gasteiger partial charge in [0, 0.05) is 37.5 Å². The van der Waals surface area contributed by atoms with Crippen molar-refractivity contribution >= 4 is 17.6 Å². The van der Waals surface area contributed by atoms with Crippen molar-refractivity contribution in [1.82, 2.24) is 25.4 Å². The number of nitrogens with one attached hydrogen (secondary N) is 2. The molecule has 1 aromatic heterocycles. The first-order chi connectivity index (χ1) is 13.3. The lowest BCUT2D eigenvalue weighted by atomic mass is 10.2. The zero-order valence-electron chi connectivity index (χ0n) is 16.0. The molecule has 2 N–H and O–H groups in total. The first-order valence-electron chi connectivity index (χ1n) is 9.94. The van der Waals surface area contributed by atoms with Crippen LogP contribution in [0, 0.1) is 0 Å². The Balaban J connectivity index is 1.49. The van der Waals surface area contributed by atoms with E-state index in [1.54, 1.807) is 0 Å². The van der Waals surface area contributed by atoms with Gasteiger partial charge in [-0.1, -0.05) is 36.2 Å². The van der Waals surface area contributed by atoms with Crippen molar-refractivity contribution in [3.05, 3.63) is 46.5 Å². The van der Waals surface area contributed by atoms with E-state index < -0.39 is 0 Å². The van der Waals surface area contributed by atoms with Gasteiger partial charge in [0.1, 0.15) is 11.6 Å². The van der Waals surface area contributed by atoms with E-state index >= 15 is 0 Å². The van der Waals surface area contributed by atoms with Crippen LogP contribution in [0.1, 0.15) is 49.8 Å². The van der Waals surface area contributed by atoms with Crippen LogP contribution >= 0.6 is 11.6 Å². The Labute approximate surface area is 166 Å². The molecule has 1 aliphatic heterocycles. The molecule has 0 saturated heterocycles. The summed E-state index contributed by atoms with van der Waals surface area (Å²) in [7, 11) is 0. The van der Waals surface area contributed by atoms with Crippen LogP contribution in [0.5, 0.6) is 0 Å². The number of nitrogens with zero attached hydrogens (tertiary/aromatic N) is 4. The van der Waals surface area contributed by atoms with Crippen molar-refractivity contribution < 1.29 is 0 Å². The quantitative estimate of drug-likeness (QED) is 0.433. The third-order valence-electron chi connectivity index (χ3n) is 4.77. The minimum Gasteiger partial charge on any atom is -0.357 e. The van der Waals surface area contributed by atoms with Gasteiger partial charge in [-0.25, -0.2) is 4.99 Å². The highest BCUT2D eigenvalue weighted by Gasteiger charge is 2.14. The molecule has 6 nitrogen and oxygen atoms in total. The molecule has 0 spiro atoms. The highest BCUT2D eigenvalue weighted by Crippen LogP contribution is 2.16. The molecule has 27 heavy (non-hydrogen) atoms. The van der Waals surface area contributed by atoms with Gasteiger partial charge in [-0.05, 0) is 37.8 Å². The number of fused-ring (bicyclic) bond motifs is 1. The monoisotopic (exact) mass is 388 g/mol. The third-order valence-corrected chi connectivity index (χ3v) is 5.13. The predicted molar refractivity (Wildman–Crippen MR) is 110 cm³/mol. The maximum absolute atomic E-state index is 6.21. The summed E-state index contributed by atoms with van der Waals surface area (Å²) in [5.41, 5.74) is 1.03. The molecular formula is C20H29ClN6. The minimum atomic E-state index is 0.562. The van der Waals surface area contributed by atoms with E-state index in [1.807, 2.05) is 24.3 Å². The smallest absolute Gasteiger partial charge is 0.191 e.